The Morgan fingerprint density at radius 3 is 2.21 bits per heavy atom. The molecular formula is C14H23NO3S. The van der Waals surface area contributed by atoms with E-state index in [1.54, 1.807) is 18.2 Å². The van der Waals surface area contributed by atoms with Gasteiger partial charge in [-0.3, -0.25) is 0 Å². The maximum atomic E-state index is 12.2. The molecular weight excluding hydrogens is 262 g/mol. The predicted molar refractivity (Wildman–Crippen MR) is 77.0 cm³/mol. The van der Waals surface area contributed by atoms with Crippen molar-refractivity contribution in [1.82, 2.24) is 4.72 Å². The average Bonchev–Trinajstić information content (AvgIpc) is 2.16. The van der Waals surface area contributed by atoms with Crippen LogP contribution < -0.4 is 9.46 Å². The Bertz CT molecular complexity index is 542. The van der Waals surface area contributed by atoms with E-state index in [1.807, 2.05) is 41.5 Å². The lowest BCUT2D eigenvalue weighted by Gasteiger charge is -2.21. The third-order valence-electron chi connectivity index (χ3n) is 2.26. The smallest absolute Gasteiger partial charge is 0.241 e. The van der Waals surface area contributed by atoms with Crippen LogP contribution >= 0.6 is 0 Å². The molecule has 108 valence electrons. The second-order valence-electron chi connectivity index (χ2n) is 5.95. The van der Waals surface area contributed by atoms with E-state index in [4.69, 9.17) is 4.74 Å². The van der Waals surface area contributed by atoms with E-state index in [9.17, 15) is 8.42 Å². The van der Waals surface area contributed by atoms with Gasteiger partial charge in [-0.25, -0.2) is 13.1 Å². The molecule has 0 radical (unpaired) electrons. The van der Waals surface area contributed by atoms with Gasteiger partial charge < -0.3 is 4.74 Å². The number of sulfonamides is 1. The van der Waals surface area contributed by atoms with Gasteiger partial charge >= 0.3 is 0 Å². The van der Waals surface area contributed by atoms with Crippen LogP contribution in [0.15, 0.2) is 23.1 Å². The topological polar surface area (TPSA) is 55.4 Å². The molecule has 1 N–H and O–H groups in total. The van der Waals surface area contributed by atoms with Gasteiger partial charge in [-0.1, -0.05) is 0 Å². The van der Waals surface area contributed by atoms with Crippen LogP contribution in [0.25, 0.3) is 0 Å². The summed E-state index contributed by atoms with van der Waals surface area (Å²) in [7, 11) is -3.49. The van der Waals surface area contributed by atoms with E-state index in [-0.39, 0.29) is 11.0 Å². The van der Waals surface area contributed by atoms with Crippen molar-refractivity contribution in [2.45, 2.75) is 58.1 Å². The number of aryl methyl sites for hydroxylation is 1. The fourth-order valence-corrected chi connectivity index (χ4v) is 3.14. The Morgan fingerprint density at radius 2 is 1.79 bits per heavy atom. The molecule has 0 amide bonds. The van der Waals surface area contributed by atoms with Crippen molar-refractivity contribution in [3.63, 3.8) is 0 Å². The third kappa shape index (κ3) is 4.84. The van der Waals surface area contributed by atoms with Gasteiger partial charge in [-0.2, -0.15) is 0 Å². The monoisotopic (exact) mass is 285 g/mol. The molecule has 1 aromatic rings. The van der Waals surface area contributed by atoms with Gasteiger partial charge in [0.05, 0.1) is 11.0 Å². The van der Waals surface area contributed by atoms with E-state index in [2.05, 4.69) is 4.72 Å². The Labute approximate surface area is 116 Å². The Balaban J connectivity index is 3.07. The molecule has 0 aliphatic heterocycles. The number of ether oxygens (including phenoxy) is 1. The van der Waals surface area contributed by atoms with Crippen LogP contribution in [0, 0.1) is 6.92 Å². The van der Waals surface area contributed by atoms with Crippen molar-refractivity contribution >= 4 is 10.0 Å². The van der Waals surface area contributed by atoms with Crippen LogP contribution in [0.3, 0.4) is 0 Å². The first kappa shape index (κ1) is 16.0. The highest BCUT2D eigenvalue weighted by Crippen LogP contribution is 2.23. The summed E-state index contributed by atoms with van der Waals surface area (Å²) in [6.07, 6.45) is 0.0638. The van der Waals surface area contributed by atoms with E-state index in [1.165, 1.54) is 0 Å². The maximum absolute atomic E-state index is 12.2. The van der Waals surface area contributed by atoms with Crippen LogP contribution in [0.4, 0.5) is 0 Å². The Hall–Kier alpha value is -1.07. The normalized spacial score (nSPS) is 12.8. The molecule has 1 rings (SSSR count). The number of hydrogen-bond donors (Lipinski definition) is 1. The summed E-state index contributed by atoms with van der Waals surface area (Å²) >= 11 is 0. The summed E-state index contributed by atoms with van der Waals surface area (Å²) in [5.74, 6) is 0.713. The van der Waals surface area contributed by atoms with Gasteiger partial charge in [-0.15, -0.1) is 0 Å². The van der Waals surface area contributed by atoms with Crippen LogP contribution in [0.5, 0.6) is 5.75 Å². The number of rotatable bonds is 4. The van der Waals surface area contributed by atoms with Crippen LogP contribution in [-0.2, 0) is 10.0 Å². The van der Waals surface area contributed by atoms with Crippen molar-refractivity contribution in [2.75, 3.05) is 0 Å². The molecule has 0 bridgehead atoms. The van der Waals surface area contributed by atoms with Gasteiger partial charge in [0.1, 0.15) is 5.75 Å². The molecule has 19 heavy (non-hydrogen) atoms. The fraction of sp³-hybridized carbons (Fsp3) is 0.571. The van der Waals surface area contributed by atoms with E-state index >= 15 is 0 Å². The molecule has 0 aliphatic carbocycles. The predicted octanol–water partition coefficient (Wildman–Crippen LogP) is 2.86. The van der Waals surface area contributed by atoms with Crippen LogP contribution in [0.1, 0.15) is 40.2 Å². The molecule has 0 saturated heterocycles. The summed E-state index contributed by atoms with van der Waals surface area (Å²) in [6, 6.07) is 4.90. The maximum Gasteiger partial charge on any atom is 0.241 e. The zero-order chi connectivity index (χ0) is 14.8. The van der Waals surface area contributed by atoms with Gasteiger partial charge in [0.15, 0.2) is 0 Å². The summed E-state index contributed by atoms with van der Waals surface area (Å²) in [6.45, 7) is 11.2. The molecule has 5 heteroatoms. The molecule has 4 nitrogen and oxygen atoms in total. The molecule has 0 aromatic heterocycles. The van der Waals surface area contributed by atoms with E-state index < -0.39 is 15.6 Å². The molecule has 1 aromatic carbocycles. The lowest BCUT2D eigenvalue weighted by molar-refractivity contribution is 0.240. The lowest BCUT2D eigenvalue weighted by atomic mass is 10.1. The first-order chi connectivity index (χ1) is 8.51. The van der Waals surface area contributed by atoms with Crippen molar-refractivity contribution in [3.05, 3.63) is 23.8 Å². The summed E-state index contributed by atoms with van der Waals surface area (Å²) in [5, 5.41) is 0. The van der Waals surface area contributed by atoms with Gasteiger partial charge in [-0.05, 0) is 65.3 Å². The quantitative estimate of drug-likeness (QED) is 0.925. The molecule has 0 saturated carbocycles. The molecule has 0 spiro atoms. The van der Waals surface area contributed by atoms with E-state index in [0.29, 0.717) is 5.75 Å². The molecule has 0 heterocycles. The van der Waals surface area contributed by atoms with Gasteiger partial charge in [0.25, 0.3) is 0 Å². The first-order valence-electron chi connectivity index (χ1n) is 6.32. The number of hydrogen-bond acceptors (Lipinski definition) is 3. The second kappa shape index (κ2) is 5.51. The first-order valence-corrected chi connectivity index (χ1v) is 7.81. The highest BCUT2D eigenvalue weighted by molar-refractivity contribution is 7.89. The van der Waals surface area contributed by atoms with Crippen LogP contribution in [0.2, 0.25) is 0 Å². The third-order valence-corrected chi connectivity index (χ3v) is 4.02. The summed E-state index contributed by atoms with van der Waals surface area (Å²) in [5.41, 5.74) is 0.310. The average molecular weight is 285 g/mol. The van der Waals surface area contributed by atoms with Gasteiger partial charge in [0, 0.05) is 5.54 Å². The standard InChI is InChI=1S/C14H23NO3S/c1-10(2)18-13-8-7-12(9-11(13)3)19(16,17)15-14(4,5)6/h7-10,15H,1-6H3. The van der Waals surface area contributed by atoms with Crippen LogP contribution in [-0.4, -0.2) is 20.1 Å². The highest BCUT2D eigenvalue weighted by Gasteiger charge is 2.22. The zero-order valence-corrected chi connectivity index (χ0v) is 13.3. The number of nitrogens with one attached hydrogen (secondary N) is 1. The fourth-order valence-electron chi connectivity index (χ4n) is 1.64. The summed E-state index contributed by atoms with van der Waals surface area (Å²) in [4.78, 5) is 0.260. The minimum absolute atomic E-state index is 0.0638. The summed E-state index contributed by atoms with van der Waals surface area (Å²) < 4.78 is 32.6. The molecule has 0 fully saturated rings. The largest absolute Gasteiger partial charge is 0.491 e. The van der Waals surface area contributed by atoms with Crippen molar-refractivity contribution in [2.24, 2.45) is 0 Å². The van der Waals surface area contributed by atoms with Crippen molar-refractivity contribution < 1.29 is 13.2 Å². The van der Waals surface area contributed by atoms with Gasteiger partial charge in [0.2, 0.25) is 10.0 Å². The molecule has 0 atom stereocenters. The second-order valence-corrected chi connectivity index (χ2v) is 7.63. The minimum atomic E-state index is -3.49. The molecule has 0 aliphatic rings. The van der Waals surface area contributed by atoms with Crippen molar-refractivity contribution in [1.29, 1.82) is 0 Å². The Kier molecular flexibility index (Phi) is 4.63. The minimum Gasteiger partial charge on any atom is -0.491 e. The Morgan fingerprint density at radius 1 is 1.21 bits per heavy atom. The number of benzene rings is 1. The van der Waals surface area contributed by atoms with E-state index in [0.717, 1.165) is 5.56 Å². The highest BCUT2D eigenvalue weighted by atomic mass is 32.2. The SMILES string of the molecule is Cc1cc(S(=O)(=O)NC(C)(C)C)ccc1OC(C)C. The van der Waals surface area contributed by atoms with Crippen molar-refractivity contribution in [3.8, 4) is 5.75 Å². The lowest BCUT2D eigenvalue weighted by Crippen LogP contribution is -2.40. The zero-order valence-electron chi connectivity index (χ0n) is 12.4. The molecule has 0 unspecified atom stereocenters.